The summed E-state index contributed by atoms with van der Waals surface area (Å²) in [4.78, 5) is 22.4. The SMILES string of the molecule is O=C(CCl)c1cc(F)c2c(c1)CC(F)C(=O)N2. The van der Waals surface area contributed by atoms with Crippen molar-refractivity contribution in [2.24, 2.45) is 0 Å². The maximum atomic E-state index is 13.6. The molecule has 6 heteroatoms. The van der Waals surface area contributed by atoms with Crippen LogP contribution in [0.3, 0.4) is 0 Å². The van der Waals surface area contributed by atoms with E-state index in [1.54, 1.807) is 0 Å². The summed E-state index contributed by atoms with van der Waals surface area (Å²) < 4.78 is 26.8. The van der Waals surface area contributed by atoms with Gasteiger partial charge in [-0.1, -0.05) is 0 Å². The quantitative estimate of drug-likeness (QED) is 0.653. The van der Waals surface area contributed by atoms with Gasteiger partial charge < -0.3 is 5.32 Å². The zero-order valence-corrected chi connectivity index (χ0v) is 9.35. The van der Waals surface area contributed by atoms with E-state index >= 15 is 0 Å². The molecule has 0 saturated heterocycles. The summed E-state index contributed by atoms with van der Waals surface area (Å²) >= 11 is 5.36. The lowest BCUT2D eigenvalue weighted by Crippen LogP contribution is -2.32. The molecule has 1 aliphatic heterocycles. The van der Waals surface area contributed by atoms with Crippen LogP contribution >= 0.6 is 11.6 Å². The van der Waals surface area contributed by atoms with Gasteiger partial charge >= 0.3 is 0 Å². The average Bonchev–Trinajstić information content (AvgIpc) is 2.30. The molecular weight excluding hydrogens is 252 g/mol. The van der Waals surface area contributed by atoms with Crippen molar-refractivity contribution in [3.63, 3.8) is 0 Å². The molecule has 1 aliphatic rings. The molecule has 0 fully saturated rings. The van der Waals surface area contributed by atoms with Crippen LogP contribution in [0.1, 0.15) is 15.9 Å². The Balaban J connectivity index is 2.47. The molecule has 0 spiro atoms. The maximum Gasteiger partial charge on any atom is 0.259 e. The Morgan fingerprint density at radius 2 is 2.24 bits per heavy atom. The predicted molar refractivity (Wildman–Crippen MR) is 58.7 cm³/mol. The fourth-order valence-corrected chi connectivity index (χ4v) is 1.84. The molecule has 1 unspecified atom stereocenters. The number of carbonyl (C=O) groups excluding carboxylic acids is 2. The topological polar surface area (TPSA) is 46.2 Å². The van der Waals surface area contributed by atoms with Crippen molar-refractivity contribution in [2.45, 2.75) is 12.6 Å². The molecule has 17 heavy (non-hydrogen) atoms. The number of anilines is 1. The van der Waals surface area contributed by atoms with Gasteiger partial charge in [-0.25, -0.2) is 8.78 Å². The van der Waals surface area contributed by atoms with E-state index in [-0.39, 0.29) is 29.1 Å². The highest BCUT2D eigenvalue weighted by Gasteiger charge is 2.28. The number of hydrogen-bond donors (Lipinski definition) is 1. The van der Waals surface area contributed by atoms with Gasteiger partial charge in [-0.05, 0) is 17.7 Å². The number of benzene rings is 1. The van der Waals surface area contributed by atoms with E-state index in [2.05, 4.69) is 5.32 Å². The van der Waals surface area contributed by atoms with Gasteiger partial charge in [0.2, 0.25) is 0 Å². The minimum atomic E-state index is -1.72. The largest absolute Gasteiger partial charge is 0.321 e. The van der Waals surface area contributed by atoms with Crippen LogP contribution < -0.4 is 5.32 Å². The molecule has 2 rings (SSSR count). The van der Waals surface area contributed by atoms with Gasteiger partial charge in [0.25, 0.3) is 5.91 Å². The highest BCUT2D eigenvalue weighted by Crippen LogP contribution is 2.28. The first-order valence-electron chi connectivity index (χ1n) is 4.89. The van der Waals surface area contributed by atoms with Gasteiger partial charge in [0.05, 0.1) is 11.6 Å². The zero-order valence-electron chi connectivity index (χ0n) is 8.60. The van der Waals surface area contributed by atoms with E-state index in [0.717, 1.165) is 6.07 Å². The summed E-state index contributed by atoms with van der Waals surface area (Å²) in [5.41, 5.74) is 0.292. The number of ketones is 1. The van der Waals surface area contributed by atoms with Crippen LogP contribution in [0, 0.1) is 5.82 Å². The summed E-state index contributed by atoms with van der Waals surface area (Å²) in [5, 5.41) is 2.13. The number of carbonyl (C=O) groups is 2. The number of rotatable bonds is 2. The van der Waals surface area contributed by atoms with Gasteiger partial charge in [-0.3, -0.25) is 9.59 Å². The lowest BCUT2D eigenvalue weighted by Gasteiger charge is -2.20. The standard InChI is InChI=1S/C11H8ClF2NO2/c12-4-9(16)5-1-6-3-8(14)11(17)15-10(6)7(13)2-5/h1-2,8H,3-4H2,(H,15,17). The molecule has 0 aliphatic carbocycles. The average molecular weight is 260 g/mol. The molecule has 0 radical (unpaired) electrons. The lowest BCUT2D eigenvalue weighted by atomic mass is 9.97. The molecule has 0 saturated carbocycles. The molecule has 0 bridgehead atoms. The van der Waals surface area contributed by atoms with E-state index in [9.17, 15) is 18.4 Å². The third-order valence-electron chi connectivity index (χ3n) is 2.55. The van der Waals surface area contributed by atoms with E-state index in [1.807, 2.05) is 0 Å². The molecular formula is C11H8ClF2NO2. The highest BCUT2D eigenvalue weighted by molar-refractivity contribution is 6.30. The molecule has 1 aromatic rings. The molecule has 1 aromatic carbocycles. The minimum absolute atomic E-state index is 0.0602. The fraction of sp³-hybridized carbons (Fsp3) is 0.273. The van der Waals surface area contributed by atoms with E-state index in [4.69, 9.17) is 11.6 Å². The van der Waals surface area contributed by atoms with Gasteiger partial charge in [0, 0.05) is 12.0 Å². The van der Waals surface area contributed by atoms with E-state index < -0.39 is 23.7 Å². The van der Waals surface area contributed by atoms with Crippen LogP contribution in [0.25, 0.3) is 0 Å². The van der Waals surface area contributed by atoms with E-state index in [1.165, 1.54) is 6.07 Å². The Morgan fingerprint density at radius 1 is 1.53 bits per heavy atom. The maximum absolute atomic E-state index is 13.6. The third-order valence-corrected chi connectivity index (χ3v) is 2.79. The summed E-state index contributed by atoms with van der Waals surface area (Å²) in [6, 6.07) is 2.34. The number of nitrogens with one attached hydrogen (secondary N) is 1. The monoisotopic (exact) mass is 259 g/mol. The number of halogens is 3. The fourth-order valence-electron chi connectivity index (χ4n) is 1.69. The number of fused-ring (bicyclic) bond motifs is 1. The Labute approximate surface area is 101 Å². The number of hydrogen-bond acceptors (Lipinski definition) is 2. The second-order valence-electron chi connectivity index (χ2n) is 3.71. The Hall–Kier alpha value is -1.49. The second kappa shape index (κ2) is 4.41. The molecule has 3 nitrogen and oxygen atoms in total. The molecule has 90 valence electrons. The van der Waals surface area contributed by atoms with Crippen molar-refractivity contribution in [1.29, 1.82) is 0 Å². The first-order chi connectivity index (χ1) is 8.02. The summed E-state index contributed by atoms with van der Waals surface area (Å²) in [6.45, 7) is 0. The van der Waals surface area contributed by atoms with Gasteiger partial charge in [0.1, 0.15) is 5.82 Å². The first kappa shape index (κ1) is 12.0. The van der Waals surface area contributed by atoms with Crippen LogP contribution in [0.2, 0.25) is 0 Å². The molecule has 0 aromatic heterocycles. The number of amides is 1. The van der Waals surface area contributed by atoms with Crippen molar-refractivity contribution >= 4 is 29.0 Å². The minimum Gasteiger partial charge on any atom is -0.321 e. The third kappa shape index (κ3) is 2.15. The van der Waals surface area contributed by atoms with Gasteiger partial charge in [-0.15, -0.1) is 11.6 Å². The lowest BCUT2D eigenvalue weighted by molar-refractivity contribution is -0.121. The van der Waals surface area contributed by atoms with Crippen molar-refractivity contribution in [2.75, 3.05) is 11.2 Å². The molecule has 1 amide bonds. The number of alkyl halides is 2. The normalized spacial score (nSPS) is 18.5. The Bertz CT molecular complexity index is 504. The Morgan fingerprint density at radius 3 is 2.88 bits per heavy atom. The van der Waals surface area contributed by atoms with Gasteiger partial charge in [-0.2, -0.15) is 0 Å². The van der Waals surface area contributed by atoms with Gasteiger partial charge in [0.15, 0.2) is 12.0 Å². The molecule has 1 atom stereocenters. The second-order valence-corrected chi connectivity index (χ2v) is 3.98. The van der Waals surface area contributed by atoms with Crippen LogP contribution in [0.15, 0.2) is 12.1 Å². The molecule has 1 N–H and O–H groups in total. The smallest absolute Gasteiger partial charge is 0.259 e. The predicted octanol–water partition coefficient (Wildman–Crippen LogP) is 2.08. The Kier molecular flexibility index (Phi) is 3.11. The van der Waals surface area contributed by atoms with Crippen molar-refractivity contribution in [1.82, 2.24) is 0 Å². The van der Waals surface area contributed by atoms with Crippen LogP contribution in [0.4, 0.5) is 14.5 Å². The van der Waals surface area contributed by atoms with Crippen LogP contribution in [-0.4, -0.2) is 23.7 Å². The van der Waals surface area contributed by atoms with Crippen molar-refractivity contribution < 1.29 is 18.4 Å². The van der Waals surface area contributed by atoms with E-state index in [0.29, 0.717) is 0 Å². The number of Topliss-reactive ketones (excluding diaryl/α,β-unsaturated/α-hetero) is 1. The first-order valence-corrected chi connectivity index (χ1v) is 5.43. The van der Waals surface area contributed by atoms with Crippen molar-refractivity contribution in [3.8, 4) is 0 Å². The molecule has 1 heterocycles. The summed E-state index contributed by atoms with van der Waals surface area (Å²) in [7, 11) is 0. The van der Waals surface area contributed by atoms with Crippen molar-refractivity contribution in [3.05, 3.63) is 29.1 Å². The summed E-state index contributed by atoms with van der Waals surface area (Å²) in [5.74, 6) is -2.34. The van der Waals surface area contributed by atoms with Crippen LogP contribution in [-0.2, 0) is 11.2 Å². The highest BCUT2D eigenvalue weighted by atomic mass is 35.5. The summed E-state index contributed by atoms with van der Waals surface area (Å²) in [6.07, 6.45) is -1.95. The van der Waals surface area contributed by atoms with Crippen LogP contribution in [0.5, 0.6) is 0 Å². The zero-order chi connectivity index (χ0) is 12.6.